The summed E-state index contributed by atoms with van der Waals surface area (Å²) in [5, 5.41) is 1.81. The summed E-state index contributed by atoms with van der Waals surface area (Å²) in [6.45, 7) is 2.50. The molecule has 2 aliphatic heterocycles. The molecule has 8 nitrogen and oxygen atoms in total. The predicted octanol–water partition coefficient (Wildman–Crippen LogP) is 1.76. The van der Waals surface area contributed by atoms with Gasteiger partial charge in [-0.15, -0.1) is 0 Å². The zero-order valence-corrected chi connectivity index (χ0v) is 15.7. The second-order valence-corrected chi connectivity index (χ2v) is 7.29. The minimum absolute atomic E-state index is 0.0299. The van der Waals surface area contributed by atoms with Gasteiger partial charge in [-0.25, -0.2) is 9.97 Å². The minimum Gasteiger partial charge on any atom is -0.353 e. The van der Waals surface area contributed by atoms with Crippen molar-refractivity contribution in [2.24, 2.45) is 0 Å². The van der Waals surface area contributed by atoms with E-state index in [1.54, 1.807) is 12.3 Å². The summed E-state index contributed by atoms with van der Waals surface area (Å²) in [7, 11) is 0. The van der Waals surface area contributed by atoms with Crippen LogP contribution in [0.2, 0.25) is 0 Å². The lowest BCUT2D eigenvalue weighted by molar-refractivity contribution is -0.115. The first-order chi connectivity index (χ1) is 13.6. The largest absolute Gasteiger partial charge is 0.353 e. The Kier molecular flexibility index (Phi) is 5.07. The number of carbonyl (C=O) groups excluding carboxylic acids is 3. The number of benzene rings is 1. The molecule has 1 aromatic carbocycles. The number of carbonyl (C=O) groups is 3. The molecule has 0 spiro atoms. The molecule has 0 atom stereocenters. The predicted molar refractivity (Wildman–Crippen MR) is 106 cm³/mol. The summed E-state index contributed by atoms with van der Waals surface area (Å²) < 4.78 is 0. The Morgan fingerprint density at radius 1 is 1.07 bits per heavy atom. The highest BCUT2D eigenvalue weighted by molar-refractivity contribution is 8.18. The fraction of sp³-hybridized carbons (Fsp3) is 0.211. The molecule has 1 aromatic heterocycles. The van der Waals surface area contributed by atoms with Crippen LogP contribution in [0.1, 0.15) is 16.2 Å². The van der Waals surface area contributed by atoms with E-state index in [2.05, 4.69) is 20.2 Å². The van der Waals surface area contributed by atoms with Crippen LogP contribution in [0, 0.1) is 0 Å². The average Bonchev–Trinajstić information content (AvgIpc) is 3.05. The second kappa shape index (κ2) is 7.81. The van der Waals surface area contributed by atoms with Gasteiger partial charge in [0.15, 0.2) is 5.82 Å². The molecule has 142 valence electrons. The number of anilines is 1. The van der Waals surface area contributed by atoms with Crippen LogP contribution in [0.3, 0.4) is 0 Å². The summed E-state index contributed by atoms with van der Waals surface area (Å²) in [4.78, 5) is 48.3. The van der Waals surface area contributed by atoms with Crippen LogP contribution >= 0.6 is 11.8 Å². The molecule has 9 heteroatoms. The number of nitrogens with one attached hydrogen (secondary N) is 1. The highest BCUT2D eigenvalue weighted by Crippen LogP contribution is 2.25. The number of imide groups is 1. The fourth-order valence-corrected chi connectivity index (χ4v) is 3.70. The van der Waals surface area contributed by atoms with Crippen LogP contribution in [0.25, 0.3) is 6.08 Å². The van der Waals surface area contributed by atoms with E-state index in [9.17, 15) is 14.4 Å². The number of piperazine rings is 1. The summed E-state index contributed by atoms with van der Waals surface area (Å²) in [6.07, 6.45) is 3.12. The van der Waals surface area contributed by atoms with Crippen molar-refractivity contribution >= 4 is 40.7 Å². The summed E-state index contributed by atoms with van der Waals surface area (Å²) >= 11 is 0.835. The van der Waals surface area contributed by atoms with E-state index in [0.717, 1.165) is 17.6 Å². The van der Waals surface area contributed by atoms with Crippen LogP contribution in [0.15, 0.2) is 47.5 Å². The number of aromatic nitrogens is 2. The summed E-state index contributed by atoms with van der Waals surface area (Å²) in [5.41, 5.74) is 0.689. The molecule has 1 N–H and O–H groups in total. The van der Waals surface area contributed by atoms with E-state index in [1.165, 1.54) is 6.08 Å². The third-order valence-electron chi connectivity index (χ3n) is 4.47. The Labute approximate surface area is 165 Å². The van der Waals surface area contributed by atoms with Crippen molar-refractivity contribution in [3.05, 3.63) is 58.9 Å². The van der Waals surface area contributed by atoms with Crippen LogP contribution in [0.4, 0.5) is 10.6 Å². The van der Waals surface area contributed by atoms with Crippen LogP contribution < -0.4 is 10.2 Å². The Morgan fingerprint density at radius 2 is 1.82 bits per heavy atom. The average molecular weight is 395 g/mol. The standard InChI is InChI=1S/C19H17N5O3S/c25-17-14(28-19(27)22-17)12-15-20-7-6-16(21-15)23-8-10-24(11-9-23)18(26)13-4-2-1-3-5-13/h1-7,12H,8-11H2,(H,22,25,27). The van der Waals surface area contributed by atoms with E-state index in [4.69, 9.17) is 0 Å². The van der Waals surface area contributed by atoms with Gasteiger partial charge in [0.1, 0.15) is 5.82 Å². The van der Waals surface area contributed by atoms with E-state index in [1.807, 2.05) is 35.2 Å². The number of thioether (sulfide) groups is 1. The lowest BCUT2D eigenvalue weighted by atomic mass is 10.2. The molecule has 0 radical (unpaired) electrons. The molecule has 28 heavy (non-hydrogen) atoms. The molecule has 0 unspecified atom stereocenters. The minimum atomic E-state index is -0.433. The SMILES string of the molecule is O=C1NC(=O)C(=Cc2nccc(N3CCN(C(=O)c4ccccc4)CC3)n2)S1. The van der Waals surface area contributed by atoms with Crippen molar-refractivity contribution < 1.29 is 14.4 Å². The Balaban J connectivity index is 1.43. The maximum Gasteiger partial charge on any atom is 0.290 e. The monoisotopic (exact) mass is 395 g/mol. The number of hydrogen-bond donors (Lipinski definition) is 1. The molecular weight excluding hydrogens is 378 g/mol. The van der Waals surface area contributed by atoms with Crippen LogP contribution in [-0.2, 0) is 4.79 Å². The molecule has 3 heterocycles. The molecule has 2 aliphatic rings. The van der Waals surface area contributed by atoms with Gasteiger partial charge in [0, 0.05) is 44.0 Å². The third kappa shape index (κ3) is 3.89. The zero-order valence-electron chi connectivity index (χ0n) is 14.9. The van der Waals surface area contributed by atoms with Crippen molar-refractivity contribution in [1.29, 1.82) is 0 Å². The first kappa shape index (κ1) is 18.2. The lowest BCUT2D eigenvalue weighted by Crippen LogP contribution is -2.49. The second-order valence-electron chi connectivity index (χ2n) is 6.27. The first-order valence-corrected chi connectivity index (χ1v) is 9.59. The molecule has 2 fully saturated rings. The van der Waals surface area contributed by atoms with Gasteiger partial charge < -0.3 is 9.80 Å². The maximum atomic E-state index is 12.6. The van der Waals surface area contributed by atoms with E-state index >= 15 is 0 Å². The van der Waals surface area contributed by atoms with E-state index in [-0.39, 0.29) is 10.8 Å². The molecule has 0 aliphatic carbocycles. The highest BCUT2D eigenvalue weighted by Gasteiger charge is 2.26. The molecule has 3 amide bonds. The molecule has 4 rings (SSSR count). The summed E-state index contributed by atoms with van der Waals surface area (Å²) in [5.74, 6) is 0.690. The topological polar surface area (TPSA) is 95.5 Å². The molecule has 0 saturated carbocycles. The van der Waals surface area contributed by atoms with Gasteiger partial charge in [-0.1, -0.05) is 18.2 Å². The number of amides is 3. The quantitative estimate of drug-likeness (QED) is 0.791. The molecule has 0 bridgehead atoms. The molecule has 2 saturated heterocycles. The van der Waals surface area contributed by atoms with E-state index in [0.29, 0.717) is 37.6 Å². The lowest BCUT2D eigenvalue weighted by Gasteiger charge is -2.35. The Hall–Kier alpha value is -3.20. The fourth-order valence-electron chi connectivity index (χ4n) is 3.05. The van der Waals surface area contributed by atoms with Gasteiger partial charge in [0.25, 0.3) is 17.1 Å². The Bertz CT molecular complexity index is 955. The number of nitrogens with zero attached hydrogens (tertiary/aromatic N) is 4. The van der Waals surface area contributed by atoms with Crippen molar-refractivity contribution in [1.82, 2.24) is 20.2 Å². The number of rotatable bonds is 3. The highest BCUT2D eigenvalue weighted by atomic mass is 32.2. The van der Waals surface area contributed by atoms with Crippen molar-refractivity contribution in [3.8, 4) is 0 Å². The third-order valence-corrected chi connectivity index (χ3v) is 5.28. The van der Waals surface area contributed by atoms with Gasteiger partial charge >= 0.3 is 0 Å². The van der Waals surface area contributed by atoms with Gasteiger partial charge in [-0.2, -0.15) is 0 Å². The van der Waals surface area contributed by atoms with Crippen molar-refractivity contribution in [2.45, 2.75) is 0 Å². The molecular formula is C19H17N5O3S. The maximum absolute atomic E-state index is 12.6. The van der Waals surface area contributed by atoms with E-state index < -0.39 is 11.1 Å². The van der Waals surface area contributed by atoms with Gasteiger partial charge in [-0.05, 0) is 30.0 Å². The Morgan fingerprint density at radius 3 is 2.50 bits per heavy atom. The number of hydrogen-bond acceptors (Lipinski definition) is 7. The van der Waals surface area contributed by atoms with Gasteiger partial charge in [0.2, 0.25) is 0 Å². The van der Waals surface area contributed by atoms with Gasteiger partial charge in [-0.3, -0.25) is 19.7 Å². The molecule has 2 aromatic rings. The summed E-state index contributed by atoms with van der Waals surface area (Å²) in [6, 6.07) is 11.0. The smallest absolute Gasteiger partial charge is 0.290 e. The first-order valence-electron chi connectivity index (χ1n) is 8.77. The zero-order chi connectivity index (χ0) is 19.5. The van der Waals surface area contributed by atoms with Crippen molar-refractivity contribution in [2.75, 3.05) is 31.1 Å². The van der Waals surface area contributed by atoms with Crippen LogP contribution in [0.5, 0.6) is 0 Å². The van der Waals surface area contributed by atoms with Gasteiger partial charge in [0.05, 0.1) is 4.91 Å². The normalized spacial score (nSPS) is 18.5. The van der Waals surface area contributed by atoms with Crippen molar-refractivity contribution in [3.63, 3.8) is 0 Å². The van der Waals surface area contributed by atoms with Crippen LogP contribution in [-0.4, -0.2) is 58.1 Å².